The monoisotopic (exact) mass is 579 g/mol. The third kappa shape index (κ3) is 6.34. The van der Waals surface area contributed by atoms with Gasteiger partial charge in [0.15, 0.2) is 5.78 Å². The first kappa shape index (κ1) is 29.1. The van der Waals surface area contributed by atoms with Gasteiger partial charge >= 0.3 is 0 Å². The molecule has 1 amide bonds. The average molecular weight is 580 g/mol. The van der Waals surface area contributed by atoms with Crippen LogP contribution in [0.4, 0.5) is 0 Å². The quantitative estimate of drug-likeness (QED) is 0.290. The minimum atomic E-state index is -0.634. The molecule has 4 aromatic rings. The molecule has 6 rings (SSSR count). The van der Waals surface area contributed by atoms with Gasteiger partial charge in [-0.3, -0.25) is 9.59 Å². The lowest BCUT2D eigenvalue weighted by Gasteiger charge is -2.31. The molecule has 1 aromatic heterocycles. The zero-order valence-electron chi connectivity index (χ0n) is 25.1. The van der Waals surface area contributed by atoms with E-state index in [1.165, 1.54) is 16.7 Å². The number of benzene rings is 3. The highest BCUT2D eigenvalue weighted by Crippen LogP contribution is 2.36. The topological polar surface area (TPSA) is 103 Å². The molecule has 2 heterocycles. The van der Waals surface area contributed by atoms with Crippen LogP contribution in [0, 0.1) is 5.92 Å². The molecule has 0 spiro atoms. The van der Waals surface area contributed by atoms with Crippen molar-refractivity contribution in [2.24, 2.45) is 18.7 Å². The number of carbonyl (C=O) groups excluding carboxylic acids is 2. The lowest BCUT2D eigenvalue weighted by Crippen LogP contribution is -2.49. The lowest BCUT2D eigenvalue weighted by atomic mass is 9.79. The van der Waals surface area contributed by atoms with E-state index in [-0.39, 0.29) is 23.5 Å². The van der Waals surface area contributed by atoms with Crippen LogP contribution in [0.3, 0.4) is 0 Å². The fraction of sp³-hybridized carbons (Fsp3) is 0.429. The maximum Gasteiger partial charge on any atom is 0.240 e. The molecule has 1 saturated heterocycles. The number of amides is 1. The van der Waals surface area contributed by atoms with E-state index in [2.05, 4.69) is 46.7 Å². The minimum absolute atomic E-state index is 0.0973. The molecular formula is C35H41N5O3. The number of aromatic nitrogens is 3. The number of Topliss-reactive ketones (excluding diaryl/α,β-unsaturated/α-hetero) is 1. The van der Waals surface area contributed by atoms with Gasteiger partial charge in [0.1, 0.15) is 11.3 Å². The number of hydrogen-bond donors (Lipinski definition) is 1. The highest BCUT2D eigenvalue weighted by Gasteiger charge is 2.41. The zero-order chi connectivity index (χ0) is 29.9. The van der Waals surface area contributed by atoms with Gasteiger partial charge in [-0.2, -0.15) is 0 Å². The Balaban J connectivity index is 1.17. The number of rotatable bonds is 10. The number of aryl methyl sites for hydroxylation is 3. The summed E-state index contributed by atoms with van der Waals surface area (Å²) in [5.41, 5.74) is 13.3. The summed E-state index contributed by atoms with van der Waals surface area (Å²) in [6.07, 6.45) is 6.24. The first-order chi connectivity index (χ1) is 20.9. The highest BCUT2D eigenvalue weighted by atomic mass is 16.5. The van der Waals surface area contributed by atoms with Crippen LogP contribution >= 0.6 is 0 Å². The predicted octanol–water partition coefficient (Wildman–Crippen LogP) is 4.78. The second-order valence-corrected chi connectivity index (χ2v) is 12.3. The van der Waals surface area contributed by atoms with Gasteiger partial charge < -0.3 is 15.4 Å². The summed E-state index contributed by atoms with van der Waals surface area (Å²) in [5, 5.41) is 8.30. The van der Waals surface area contributed by atoms with Crippen LogP contribution in [0.5, 0.6) is 5.75 Å². The molecule has 3 aromatic carbocycles. The molecule has 8 heteroatoms. The van der Waals surface area contributed by atoms with Crippen LogP contribution in [0.15, 0.2) is 66.7 Å². The molecule has 1 aliphatic heterocycles. The second-order valence-electron chi connectivity index (χ2n) is 12.3. The minimum Gasteiger partial charge on any atom is -0.497 e. The van der Waals surface area contributed by atoms with Crippen molar-refractivity contribution in [3.05, 3.63) is 89.0 Å². The molecule has 0 saturated carbocycles. The summed E-state index contributed by atoms with van der Waals surface area (Å²) >= 11 is 0. The Kier molecular flexibility index (Phi) is 8.56. The molecule has 43 heavy (non-hydrogen) atoms. The third-order valence-corrected chi connectivity index (χ3v) is 9.41. The van der Waals surface area contributed by atoms with Gasteiger partial charge in [0.25, 0.3) is 0 Å². The number of fused-ring (bicyclic) bond motifs is 2. The predicted molar refractivity (Wildman–Crippen MR) is 167 cm³/mol. The van der Waals surface area contributed by atoms with Gasteiger partial charge in [0.05, 0.1) is 24.7 Å². The fourth-order valence-electron chi connectivity index (χ4n) is 7.11. The van der Waals surface area contributed by atoms with Gasteiger partial charge in [-0.05, 0) is 103 Å². The van der Waals surface area contributed by atoms with Crippen LogP contribution in [-0.2, 0) is 35.9 Å². The number of carbonyl (C=O) groups is 2. The van der Waals surface area contributed by atoms with E-state index < -0.39 is 12.1 Å². The van der Waals surface area contributed by atoms with Crippen LogP contribution < -0.4 is 10.5 Å². The van der Waals surface area contributed by atoms with Crippen molar-refractivity contribution < 1.29 is 14.3 Å². The summed E-state index contributed by atoms with van der Waals surface area (Å²) in [6.45, 7) is 0.543. The van der Waals surface area contributed by atoms with Crippen molar-refractivity contribution in [2.45, 2.75) is 69.4 Å². The standard InChI is InChI=1S/C35H41N5O3/c1-39-32-16-12-24(19-31(32)37-38-39)13-17-34(41)33-20-25(18-23-10-14-28(43-2)15-11-23)22-40(33)35(42)30(36)21-27-8-5-7-26-6-3-4-9-29(26)27/h3-4,6,9-12,14-16,19,25,27,30,33H,5,7-8,13,17-18,20-22,36H2,1-2H3/t25-,27?,30-,33+/m1/s1. The van der Waals surface area contributed by atoms with Crippen molar-refractivity contribution in [1.82, 2.24) is 19.9 Å². The lowest BCUT2D eigenvalue weighted by molar-refractivity contribution is -0.138. The van der Waals surface area contributed by atoms with Gasteiger partial charge in [-0.25, -0.2) is 4.68 Å². The van der Waals surface area contributed by atoms with E-state index in [9.17, 15) is 9.59 Å². The normalized spacial score (nSPS) is 20.6. The van der Waals surface area contributed by atoms with Gasteiger partial charge in [0, 0.05) is 20.0 Å². The SMILES string of the molecule is COc1ccc(C[C@@H]2C[C@@H](C(=O)CCc3ccc4c(c3)nnn4C)N(C(=O)[C@H](N)CC3CCCc4ccccc43)C2)cc1. The summed E-state index contributed by atoms with van der Waals surface area (Å²) < 4.78 is 7.06. The van der Waals surface area contributed by atoms with Crippen LogP contribution in [0.25, 0.3) is 11.0 Å². The van der Waals surface area contributed by atoms with Crippen molar-refractivity contribution in [3.63, 3.8) is 0 Å². The summed E-state index contributed by atoms with van der Waals surface area (Å²) in [5.74, 6) is 1.27. The summed E-state index contributed by atoms with van der Waals surface area (Å²) in [6, 6.07) is 21.5. The van der Waals surface area contributed by atoms with E-state index in [1.807, 2.05) is 42.3 Å². The van der Waals surface area contributed by atoms with Crippen LogP contribution in [0.1, 0.15) is 60.3 Å². The number of ketones is 1. The largest absolute Gasteiger partial charge is 0.497 e. The molecule has 224 valence electrons. The average Bonchev–Trinajstić information content (AvgIpc) is 3.63. The molecule has 2 N–H and O–H groups in total. The smallest absolute Gasteiger partial charge is 0.240 e. The Labute approximate surface area is 253 Å². The molecule has 8 nitrogen and oxygen atoms in total. The molecule has 0 bridgehead atoms. The number of methoxy groups -OCH3 is 1. The first-order valence-corrected chi connectivity index (χ1v) is 15.5. The molecule has 2 aliphatic rings. The molecule has 4 atom stereocenters. The molecular weight excluding hydrogens is 538 g/mol. The summed E-state index contributed by atoms with van der Waals surface area (Å²) in [7, 11) is 3.52. The van der Waals surface area contributed by atoms with Crippen LogP contribution in [0.2, 0.25) is 0 Å². The Bertz CT molecular complexity index is 1600. The number of nitrogens with two attached hydrogens (primary N) is 1. The van der Waals surface area contributed by atoms with Crippen molar-refractivity contribution in [3.8, 4) is 5.75 Å². The van der Waals surface area contributed by atoms with E-state index in [0.29, 0.717) is 32.2 Å². The highest BCUT2D eigenvalue weighted by molar-refractivity contribution is 5.91. The van der Waals surface area contributed by atoms with Crippen molar-refractivity contribution in [1.29, 1.82) is 0 Å². The number of nitrogens with zero attached hydrogens (tertiary/aromatic N) is 4. The summed E-state index contributed by atoms with van der Waals surface area (Å²) in [4.78, 5) is 29.5. The van der Waals surface area contributed by atoms with Crippen molar-refractivity contribution >= 4 is 22.7 Å². The van der Waals surface area contributed by atoms with Crippen LogP contribution in [-0.4, -0.2) is 57.3 Å². The van der Waals surface area contributed by atoms with E-state index >= 15 is 0 Å². The van der Waals surface area contributed by atoms with Gasteiger partial charge in [-0.15, -0.1) is 5.10 Å². The van der Waals surface area contributed by atoms with Gasteiger partial charge in [0.2, 0.25) is 5.91 Å². The van der Waals surface area contributed by atoms with E-state index in [1.54, 1.807) is 11.8 Å². The maximum atomic E-state index is 14.0. The Morgan fingerprint density at radius 3 is 2.67 bits per heavy atom. The molecule has 1 fully saturated rings. The van der Waals surface area contributed by atoms with Crippen molar-refractivity contribution in [2.75, 3.05) is 13.7 Å². The third-order valence-electron chi connectivity index (χ3n) is 9.41. The molecule has 1 aliphatic carbocycles. The van der Waals surface area contributed by atoms with E-state index in [4.69, 9.17) is 10.5 Å². The Hall–Kier alpha value is -4.04. The Morgan fingerprint density at radius 1 is 1.07 bits per heavy atom. The molecule has 1 unspecified atom stereocenters. The number of ether oxygens (including phenoxy) is 1. The maximum absolute atomic E-state index is 14.0. The zero-order valence-corrected chi connectivity index (χ0v) is 25.1. The second kappa shape index (κ2) is 12.7. The molecule has 0 radical (unpaired) electrons. The number of likely N-dealkylation sites (tertiary alicyclic amines) is 1. The fourth-order valence-corrected chi connectivity index (χ4v) is 7.11. The van der Waals surface area contributed by atoms with Gasteiger partial charge in [-0.1, -0.05) is 47.7 Å². The first-order valence-electron chi connectivity index (χ1n) is 15.5. The number of hydrogen-bond acceptors (Lipinski definition) is 6. The van der Waals surface area contributed by atoms with E-state index in [0.717, 1.165) is 48.0 Å². The Morgan fingerprint density at radius 2 is 1.86 bits per heavy atom.